The average molecular weight is 227 g/mol. The first-order chi connectivity index (χ1) is 7.63. The fourth-order valence-corrected chi connectivity index (χ4v) is 1.43. The number of carbonyl (C=O) groups is 1. The number of hydrogen-bond donors (Lipinski definition) is 1. The molecule has 0 aliphatic rings. The van der Waals surface area contributed by atoms with Crippen molar-refractivity contribution in [2.75, 3.05) is 13.6 Å². The molecule has 0 unspecified atom stereocenters. The van der Waals surface area contributed by atoms with Gasteiger partial charge in [-0.15, -0.1) is 0 Å². The van der Waals surface area contributed by atoms with Crippen LogP contribution in [0, 0.1) is 11.6 Å². The van der Waals surface area contributed by atoms with E-state index in [2.05, 4.69) is 5.32 Å². The molecule has 0 spiro atoms. The number of benzene rings is 1. The first-order valence-corrected chi connectivity index (χ1v) is 5.23. The molecule has 0 bridgehead atoms. The molecule has 0 aliphatic heterocycles. The zero-order valence-corrected chi connectivity index (χ0v) is 9.22. The summed E-state index contributed by atoms with van der Waals surface area (Å²) < 4.78 is 25.5. The minimum atomic E-state index is -0.902. The van der Waals surface area contributed by atoms with E-state index in [1.165, 1.54) is 6.07 Å². The summed E-state index contributed by atoms with van der Waals surface area (Å²) in [5.41, 5.74) is 0.522. The van der Waals surface area contributed by atoms with E-state index in [4.69, 9.17) is 0 Å². The normalized spacial score (nSPS) is 10.4. The topological polar surface area (TPSA) is 29.1 Å². The SMILES string of the molecule is CNCCCC(=O)Cc1ccc(F)c(F)c1. The van der Waals surface area contributed by atoms with Crippen molar-refractivity contribution in [2.24, 2.45) is 0 Å². The van der Waals surface area contributed by atoms with Gasteiger partial charge in [-0.1, -0.05) is 6.07 Å². The van der Waals surface area contributed by atoms with Gasteiger partial charge in [0.25, 0.3) is 0 Å². The summed E-state index contributed by atoms with van der Waals surface area (Å²) in [7, 11) is 1.82. The van der Waals surface area contributed by atoms with E-state index in [0.29, 0.717) is 12.0 Å². The third-order valence-electron chi connectivity index (χ3n) is 2.27. The van der Waals surface area contributed by atoms with E-state index in [1.807, 2.05) is 7.05 Å². The van der Waals surface area contributed by atoms with Gasteiger partial charge in [-0.25, -0.2) is 8.78 Å². The molecule has 1 aromatic carbocycles. The maximum atomic E-state index is 12.8. The van der Waals surface area contributed by atoms with Gasteiger partial charge in [0, 0.05) is 12.8 Å². The fourth-order valence-electron chi connectivity index (χ4n) is 1.43. The number of carbonyl (C=O) groups excluding carboxylic acids is 1. The van der Waals surface area contributed by atoms with Crippen LogP contribution in [0.25, 0.3) is 0 Å². The van der Waals surface area contributed by atoms with E-state index < -0.39 is 11.6 Å². The Morgan fingerprint density at radius 1 is 1.31 bits per heavy atom. The second kappa shape index (κ2) is 6.33. The van der Waals surface area contributed by atoms with Crippen LogP contribution in [0.15, 0.2) is 18.2 Å². The van der Waals surface area contributed by atoms with Crippen LogP contribution in [0.4, 0.5) is 8.78 Å². The van der Waals surface area contributed by atoms with Gasteiger partial charge in [0.05, 0.1) is 0 Å². The van der Waals surface area contributed by atoms with Gasteiger partial charge in [0.15, 0.2) is 11.6 Å². The molecule has 1 rings (SSSR count). The summed E-state index contributed by atoms with van der Waals surface area (Å²) in [5, 5.41) is 2.94. The highest BCUT2D eigenvalue weighted by Gasteiger charge is 2.06. The largest absolute Gasteiger partial charge is 0.320 e. The lowest BCUT2D eigenvalue weighted by molar-refractivity contribution is -0.118. The molecule has 0 radical (unpaired) electrons. The number of rotatable bonds is 6. The lowest BCUT2D eigenvalue weighted by Crippen LogP contribution is -2.11. The van der Waals surface area contributed by atoms with Gasteiger partial charge in [-0.3, -0.25) is 4.79 Å². The van der Waals surface area contributed by atoms with Crippen molar-refractivity contribution in [3.8, 4) is 0 Å². The molecule has 16 heavy (non-hydrogen) atoms. The molecule has 0 fully saturated rings. The predicted molar refractivity (Wildman–Crippen MR) is 58.2 cm³/mol. The molecule has 0 aromatic heterocycles. The number of Topliss-reactive ketones (excluding diaryl/α,β-unsaturated/α-hetero) is 1. The Kier molecular flexibility index (Phi) is 5.05. The Bertz CT molecular complexity index is 366. The third kappa shape index (κ3) is 4.06. The first-order valence-electron chi connectivity index (χ1n) is 5.23. The predicted octanol–water partition coefficient (Wildman–Crippen LogP) is 2.08. The average Bonchev–Trinajstić information content (AvgIpc) is 2.24. The lowest BCUT2D eigenvalue weighted by atomic mass is 10.1. The van der Waals surface area contributed by atoms with Crippen LogP contribution in [0.2, 0.25) is 0 Å². The molecule has 2 nitrogen and oxygen atoms in total. The van der Waals surface area contributed by atoms with Crippen molar-refractivity contribution in [2.45, 2.75) is 19.3 Å². The number of hydrogen-bond acceptors (Lipinski definition) is 2. The van der Waals surface area contributed by atoms with Crippen LogP contribution in [0.5, 0.6) is 0 Å². The van der Waals surface area contributed by atoms with E-state index in [9.17, 15) is 13.6 Å². The molecule has 1 aromatic rings. The molecular weight excluding hydrogens is 212 g/mol. The molecule has 4 heteroatoms. The second-order valence-corrected chi connectivity index (χ2v) is 3.67. The summed E-state index contributed by atoms with van der Waals surface area (Å²) in [6, 6.07) is 3.56. The first kappa shape index (κ1) is 12.8. The van der Waals surface area contributed by atoms with E-state index in [0.717, 1.165) is 25.1 Å². The van der Waals surface area contributed by atoms with Gasteiger partial charge < -0.3 is 5.32 Å². The Labute approximate surface area is 93.7 Å². The van der Waals surface area contributed by atoms with Crippen LogP contribution in [-0.4, -0.2) is 19.4 Å². The van der Waals surface area contributed by atoms with Crippen molar-refractivity contribution in [1.82, 2.24) is 5.32 Å². The van der Waals surface area contributed by atoms with E-state index >= 15 is 0 Å². The maximum absolute atomic E-state index is 12.8. The number of ketones is 1. The van der Waals surface area contributed by atoms with Crippen LogP contribution in [0.1, 0.15) is 18.4 Å². The van der Waals surface area contributed by atoms with E-state index in [-0.39, 0.29) is 12.2 Å². The minimum Gasteiger partial charge on any atom is -0.320 e. The molecule has 0 aliphatic carbocycles. The highest BCUT2D eigenvalue weighted by atomic mass is 19.2. The van der Waals surface area contributed by atoms with Crippen molar-refractivity contribution >= 4 is 5.78 Å². The minimum absolute atomic E-state index is 0.0428. The monoisotopic (exact) mass is 227 g/mol. The summed E-state index contributed by atoms with van der Waals surface area (Å²) in [4.78, 5) is 11.4. The van der Waals surface area contributed by atoms with Crippen LogP contribution in [0.3, 0.4) is 0 Å². The molecule has 0 atom stereocenters. The van der Waals surface area contributed by atoms with Gasteiger partial charge in [-0.2, -0.15) is 0 Å². The van der Waals surface area contributed by atoms with Crippen LogP contribution >= 0.6 is 0 Å². The zero-order chi connectivity index (χ0) is 12.0. The number of halogens is 2. The molecule has 1 N–H and O–H groups in total. The van der Waals surface area contributed by atoms with Crippen molar-refractivity contribution in [3.05, 3.63) is 35.4 Å². The second-order valence-electron chi connectivity index (χ2n) is 3.67. The Morgan fingerprint density at radius 2 is 2.06 bits per heavy atom. The van der Waals surface area contributed by atoms with E-state index in [1.54, 1.807) is 0 Å². The van der Waals surface area contributed by atoms with Crippen molar-refractivity contribution in [1.29, 1.82) is 0 Å². The molecular formula is C12H15F2NO. The Hall–Kier alpha value is -1.29. The lowest BCUT2D eigenvalue weighted by Gasteiger charge is -2.02. The van der Waals surface area contributed by atoms with Crippen LogP contribution < -0.4 is 5.32 Å². The number of nitrogens with one attached hydrogen (secondary N) is 1. The Morgan fingerprint density at radius 3 is 2.69 bits per heavy atom. The molecule has 0 saturated heterocycles. The highest BCUT2D eigenvalue weighted by molar-refractivity contribution is 5.80. The smallest absolute Gasteiger partial charge is 0.159 e. The zero-order valence-electron chi connectivity index (χ0n) is 9.22. The van der Waals surface area contributed by atoms with Crippen molar-refractivity contribution in [3.63, 3.8) is 0 Å². The van der Waals surface area contributed by atoms with Crippen LogP contribution in [-0.2, 0) is 11.2 Å². The third-order valence-corrected chi connectivity index (χ3v) is 2.27. The summed E-state index contributed by atoms with van der Waals surface area (Å²) in [5.74, 6) is -1.74. The summed E-state index contributed by atoms with van der Waals surface area (Å²) in [6.45, 7) is 0.781. The fraction of sp³-hybridized carbons (Fsp3) is 0.417. The van der Waals surface area contributed by atoms with Crippen molar-refractivity contribution < 1.29 is 13.6 Å². The van der Waals surface area contributed by atoms with Gasteiger partial charge in [0.2, 0.25) is 0 Å². The highest BCUT2D eigenvalue weighted by Crippen LogP contribution is 2.10. The molecule has 0 saturated carbocycles. The molecule has 88 valence electrons. The quantitative estimate of drug-likeness (QED) is 0.754. The maximum Gasteiger partial charge on any atom is 0.159 e. The standard InChI is InChI=1S/C12H15F2NO/c1-15-6-2-3-10(16)7-9-4-5-11(13)12(14)8-9/h4-5,8,15H,2-3,6-7H2,1H3. The summed E-state index contributed by atoms with van der Waals surface area (Å²) in [6.07, 6.45) is 1.39. The summed E-state index contributed by atoms with van der Waals surface area (Å²) >= 11 is 0. The van der Waals surface area contributed by atoms with Gasteiger partial charge in [0.1, 0.15) is 5.78 Å². The Balaban J connectivity index is 2.46. The molecule has 0 heterocycles. The van der Waals surface area contributed by atoms with Gasteiger partial charge >= 0.3 is 0 Å². The molecule has 0 amide bonds. The van der Waals surface area contributed by atoms with Gasteiger partial charge in [-0.05, 0) is 37.7 Å².